The standard InChI is InChI=1S/C29H47N3O8.C15H24N2O6.C13H24N2O3/c1-19(2)22(25(35)23(33)17-20-9-5-8-14-30-26(20)36)18-24(34)29(12-6-4-7-13-29)31-27(37)40-21-10-15-32(16-11-21)28(38)39-3;1-22-14(21)17-9-5-11(6-10-17)23-13(20)16-15(12(18)19)7-3-2-4-8-15;1-8(2)11(14)12(17)10(16)7-9-5-3-4-6-15-13(9)18/h19-22,25,35H,4-18H2,1-3H3,(H,30,36)(H,31,37);11H,2-10H2,1H3,(H,16,20)(H,18,19);8-9,11-12,17H,3-7,14H2,1-2H3,(H,15,18)/t20-,22+,25+;;9-,11+,12-/m1.1/s1. The van der Waals surface area contributed by atoms with Gasteiger partial charge in [-0.1, -0.05) is 79.1 Å². The molecule has 4 saturated heterocycles. The molecule has 2 aliphatic carbocycles. The van der Waals surface area contributed by atoms with Gasteiger partial charge in [-0.2, -0.15) is 0 Å². The lowest BCUT2D eigenvalue weighted by Gasteiger charge is -2.39. The Bertz CT molecular complexity index is 2100. The molecule has 0 bridgehead atoms. The normalized spacial score (nSPS) is 23.0. The number of ketones is 3. The molecule has 0 spiro atoms. The SMILES string of the molecule is CC(C)[C@H](N)[C@H](O)C(=O)C[C@H]1CCCCNC1=O.COC(=O)N1CCC(OC(=O)NC2(C(=O)C[C@@H](C(C)C)[C@H](O)C(=O)C[C@H]3CCCCNC3=O)CCCCC2)CC1.COC(=O)N1CCC(OC(=O)NC2(C(=O)O)CCCCC2)CC1. The number of amides is 6. The number of methoxy groups -OCH3 is 2. The Hall–Kier alpha value is -5.62. The van der Waals surface area contributed by atoms with E-state index < -0.39 is 71.2 Å². The van der Waals surface area contributed by atoms with Gasteiger partial charge in [0.05, 0.1) is 14.2 Å². The predicted molar refractivity (Wildman–Crippen MR) is 295 cm³/mol. The number of piperidine rings is 2. The first kappa shape index (κ1) is 67.9. The van der Waals surface area contributed by atoms with Crippen LogP contribution in [0.4, 0.5) is 19.2 Å². The fraction of sp³-hybridized carbons (Fsp3) is 0.825. The zero-order valence-electron chi connectivity index (χ0n) is 48.8. The number of Topliss-reactive ketones (excluding diaryl/α,β-unsaturated/α-hetero) is 3. The average molecular weight is 1150 g/mol. The third-order valence-electron chi connectivity index (χ3n) is 17.0. The van der Waals surface area contributed by atoms with Crippen LogP contribution in [-0.4, -0.2) is 180 Å². The molecule has 24 nitrogen and oxygen atoms in total. The van der Waals surface area contributed by atoms with Gasteiger partial charge < -0.3 is 71.1 Å². The number of hydrogen-bond acceptors (Lipinski definition) is 17. The van der Waals surface area contributed by atoms with E-state index in [0.29, 0.717) is 103 Å². The molecule has 6 fully saturated rings. The van der Waals surface area contributed by atoms with E-state index in [1.807, 2.05) is 27.7 Å². The first-order valence-corrected chi connectivity index (χ1v) is 29.6. The largest absolute Gasteiger partial charge is 0.480 e. The number of nitrogens with one attached hydrogen (secondary N) is 4. The maximum absolute atomic E-state index is 13.8. The van der Waals surface area contributed by atoms with Gasteiger partial charge in [-0.25, -0.2) is 24.0 Å². The molecule has 6 atom stereocenters. The molecule has 0 unspecified atom stereocenters. The van der Waals surface area contributed by atoms with Gasteiger partial charge in [0.25, 0.3) is 0 Å². The molecule has 24 heteroatoms. The highest BCUT2D eigenvalue weighted by atomic mass is 16.6. The third-order valence-corrected chi connectivity index (χ3v) is 17.0. The van der Waals surface area contributed by atoms with Gasteiger partial charge in [-0.15, -0.1) is 0 Å². The molecular formula is C57H95N7O17. The Morgan fingerprint density at radius 1 is 0.580 bits per heavy atom. The molecule has 0 radical (unpaired) electrons. The van der Waals surface area contributed by atoms with Crippen molar-refractivity contribution >= 4 is 59.5 Å². The molecule has 6 rings (SSSR count). The Labute approximate surface area is 477 Å². The van der Waals surface area contributed by atoms with E-state index in [4.69, 9.17) is 19.9 Å². The Morgan fingerprint density at radius 3 is 1.36 bits per heavy atom. The number of nitrogens with two attached hydrogens (primary N) is 1. The second kappa shape index (κ2) is 33.5. The van der Waals surface area contributed by atoms with Crippen LogP contribution in [0.1, 0.15) is 175 Å². The van der Waals surface area contributed by atoms with E-state index in [-0.39, 0.29) is 78.7 Å². The molecule has 81 heavy (non-hydrogen) atoms. The summed E-state index contributed by atoms with van der Waals surface area (Å²) in [6, 6.07) is -0.564. The third kappa shape index (κ3) is 21.0. The maximum Gasteiger partial charge on any atom is 0.409 e. The van der Waals surface area contributed by atoms with E-state index in [1.165, 1.54) is 14.2 Å². The van der Waals surface area contributed by atoms with Gasteiger partial charge in [0.2, 0.25) is 11.8 Å². The van der Waals surface area contributed by atoms with Crippen molar-refractivity contribution in [3.05, 3.63) is 0 Å². The van der Waals surface area contributed by atoms with Gasteiger partial charge in [-0.05, 0) is 63.2 Å². The summed E-state index contributed by atoms with van der Waals surface area (Å²) in [5.74, 6) is -3.73. The fourth-order valence-electron chi connectivity index (χ4n) is 11.6. The summed E-state index contributed by atoms with van der Waals surface area (Å²) in [4.78, 5) is 126. The molecule has 9 N–H and O–H groups in total. The van der Waals surface area contributed by atoms with Gasteiger partial charge in [-0.3, -0.25) is 24.0 Å². The molecule has 6 aliphatic rings. The number of aliphatic hydroxyl groups is 2. The number of alkyl carbamates (subject to hydrolysis) is 2. The van der Waals surface area contributed by atoms with Crippen LogP contribution >= 0.6 is 0 Å². The number of aliphatic hydroxyl groups excluding tert-OH is 2. The number of carboxylic acid groups (broad SMARTS) is 1. The predicted octanol–water partition coefficient (Wildman–Crippen LogP) is 5.05. The highest BCUT2D eigenvalue weighted by molar-refractivity contribution is 5.94. The zero-order chi connectivity index (χ0) is 59.9. The highest BCUT2D eigenvalue weighted by Crippen LogP contribution is 2.35. The summed E-state index contributed by atoms with van der Waals surface area (Å²) in [6.45, 7) is 10.5. The smallest absolute Gasteiger partial charge is 0.409 e. The minimum Gasteiger partial charge on any atom is -0.480 e. The quantitative estimate of drug-likeness (QED) is 0.0832. The number of rotatable bonds is 18. The lowest BCUT2D eigenvalue weighted by atomic mass is 9.73. The number of hydrogen-bond donors (Lipinski definition) is 8. The summed E-state index contributed by atoms with van der Waals surface area (Å²) in [7, 11) is 2.65. The molecule has 6 amide bonds. The van der Waals surface area contributed by atoms with Crippen molar-refractivity contribution in [1.82, 2.24) is 31.1 Å². The van der Waals surface area contributed by atoms with E-state index in [0.717, 1.165) is 64.2 Å². The van der Waals surface area contributed by atoms with Crippen molar-refractivity contribution in [1.29, 1.82) is 0 Å². The second-order valence-electron chi connectivity index (χ2n) is 23.5. The molecule has 2 saturated carbocycles. The van der Waals surface area contributed by atoms with Crippen molar-refractivity contribution in [2.75, 3.05) is 53.5 Å². The second-order valence-corrected chi connectivity index (χ2v) is 23.5. The Morgan fingerprint density at radius 2 is 0.975 bits per heavy atom. The van der Waals surface area contributed by atoms with Gasteiger partial charge >= 0.3 is 30.3 Å². The first-order chi connectivity index (χ1) is 38.5. The van der Waals surface area contributed by atoms with E-state index in [9.17, 15) is 63.3 Å². The lowest BCUT2D eigenvalue weighted by Crippen LogP contribution is -2.57. The molecule has 460 valence electrons. The number of carbonyl (C=O) groups excluding carboxylic acids is 9. The van der Waals surface area contributed by atoms with Gasteiger partial charge in [0, 0.05) is 108 Å². The Balaban J connectivity index is 0.000000290. The average Bonchev–Trinajstić information content (AvgIpc) is 3.80. The summed E-state index contributed by atoms with van der Waals surface area (Å²) < 4.78 is 20.4. The topological polar surface area (TPSA) is 349 Å². The zero-order valence-corrected chi connectivity index (χ0v) is 48.8. The number of likely N-dealkylation sites (tertiary alicyclic amines) is 2. The van der Waals surface area contributed by atoms with Gasteiger partial charge in [0.1, 0.15) is 35.5 Å². The molecule has 0 aromatic heterocycles. The van der Waals surface area contributed by atoms with Crippen LogP contribution < -0.4 is 27.0 Å². The minimum atomic E-state index is -1.37. The van der Waals surface area contributed by atoms with Crippen LogP contribution in [0.5, 0.6) is 0 Å². The fourth-order valence-corrected chi connectivity index (χ4v) is 11.6. The lowest BCUT2D eigenvalue weighted by molar-refractivity contribution is -0.146. The number of aliphatic carboxylic acids is 1. The molecule has 0 aromatic rings. The van der Waals surface area contributed by atoms with E-state index in [1.54, 1.807) is 9.80 Å². The van der Waals surface area contributed by atoms with Crippen LogP contribution in [0.15, 0.2) is 0 Å². The summed E-state index contributed by atoms with van der Waals surface area (Å²) in [5.41, 5.74) is 3.44. The molecule has 4 heterocycles. The number of nitrogens with zero attached hydrogens (tertiary/aromatic N) is 2. The number of carbonyl (C=O) groups is 10. The summed E-state index contributed by atoms with van der Waals surface area (Å²) in [6.07, 6.45) is 8.35. The van der Waals surface area contributed by atoms with Crippen LogP contribution in [0.3, 0.4) is 0 Å². The van der Waals surface area contributed by atoms with Crippen molar-refractivity contribution in [2.45, 2.75) is 217 Å². The van der Waals surface area contributed by atoms with Crippen LogP contribution in [-0.2, 0) is 47.7 Å². The van der Waals surface area contributed by atoms with Crippen LogP contribution in [0.2, 0.25) is 0 Å². The highest BCUT2D eigenvalue weighted by Gasteiger charge is 2.45. The van der Waals surface area contributed by atoms with Crippen LogP contribution in [0.25, 0.3) is 0 Å². The van der Waals surface area contributed by atoms with Crippen molar-refractivity contribution in [2.24, 2.45) is 35.3 Å². The number of carboxylic acids is 1. The summed E-state index contributed by atoms with van der Waals surface area (Å²) >= 11 is 0. The molecule has 0 aromatic carbocycles. The van der Waals surface area contributed by atoms with Crippen molar-refractivity contribution in [3.8, 4) is 0 Å². The van der Waals surface area contributed by atoms with E-state index in [2.05, 4.69) is 26.0 Å². The maximum atomic E-state index is 13.8. The first-order valence-electron chi connectivity index (χ1n) is 29.6. The van der Waals surface area contributed by atoms with Gasteiger partial charge in [0.15, 0.2) is 17.3 Å². The summed E-state index contributed by atoms with van der Waals surface area (Å²) in [5, 5.41) is 41.4. The van der Waals surface area contributed by atoms with Crippen molar-refractivity contribution in [3.63, 3.8) is 0 Å². The Kier molecular flexibility index (Phi) is 28.1. The molecular weight excluding hydrogens is 1050 g/mol. The monoisotopic (exact) mass is 1150 g/mol. The minimum absolute atomic E-state index is 0.0342. The van der Waals surface area contributed by atoms with Crippen LogP contribution in [0, 0.1) is 29.6 Å². The molecule has 4 aliphatic heterocycles. The number of ether oxygens (including phenoxy) is 4. The van der Waals surface area contributed by atoms with E-state index >= 15 is 0 Å². The van der Waals surface area contributed by atoms with Crippen molar-refractivity contribution < 1.29 is 82.2 Å².